The number of halogens is 1. The quantitative estimate of drug-likeness (QED) is 0.873. The molecule has 1 aliphatic rings. The van der Waals surface area contributed by atoms with Crippen molar-refractivity contribution in [1.29, 1.82) is 0 Å². The van der Waals surface area contributed by atoms with E-state index >= 15 is 0 Å². The Morgan fingerprint density at radius 1 is 1.29 bits per heavy atom. The van der Waals surface area contributed by atoms with Gasteiger partial charge >= 0.3 is 5.69 Å². The van der Waals surface area contributed by atoms with Crippen LogP contribution in [-0.2, 0) is 17.9 Å². The van der Waals surface area contributed by atoms with Crippen LogP contribution in [0.5, 0.6) is 0 Å². The Labute approximate surface area is 147 Å². The Morgan fingerprint density at radius 3 is 2.58 bits per heavy atom. The zero-order valence-electron chi connectivity index (χ0n) is 14.1. The molecule has 1 aromatic carbocycles. The van der Waals surface area contributed by atoms with Crippen LogP contribution in [0.1, 0.15) is 20.3 Å². The Hall–Kier alpha value is -1.79. The van der Waals surface area contributed by atoms with Gasteiger partial charge in [-0.3, -0.25) is 13.9 Å². The summed E-state index contributed by atoms with van der Waals surface area (Å²) in [6.07, 6.45) is 1.06. The monoisotopic (exact) mass is 352 g/mol. The number of rotatable bonds is 4. The summed E-state index contributed by atoms with van der Waals surface area (Å²) in [5.74, 6) is 0.348. The van der Waals surface area contributed by atoms with Gasteiger partial charge in [0.05, 0.1) is 11.0 Å². The summed E-state index contributed by atoms with van der Waals surface area (Å²) in [6, 6.07) is 7.74. The number of carbonyl (C=O) groups excluding carboxylic acids is 1. The predicted octanol–water partition coefficient (Wildman–Crippen LogP) is 1.36. The first-order valence-corrected chi connectivity index (χ1v) is 8.30. The molecule has 0 aliphatic carbocycles. The molecule has 7 heteroatoms. The normalized spacial score (nSPS) is 20.6. The van der Waals surface area contributed by atoms with E-state index in [-0.39, 0.29) is 36.6 Å². The average molecular weight is 353 g/mol. The van der Waals surface area contributed by atoms with Crippen LogP contribution in [0, 0.1) is 5.92 Å². The molecule has 0 spiro atoms. The summed E-state index contributed by atoms with van der Waals surface area (Å²) in [4.78, 5) is 25.0. The second kappa shape index (κ2) is 7.85. The number of piperidine rings is 1. The van der Waals surface area contributed by atoms with Gasteiger partial charge in [-0.15, -0.1) is 12.4 Å². The van der Waals surface area contributed by atoms with E-state index in [0.29, 0.717) is 12.5 Å². The van der Waals surface area contributed by atoms with Crippen molar-refractivity contribution in [3.8, 4) is 0 Å². The molecule has 2 aromatic rings. The molecule has 1 amide bonds. The second-order valence-corrected chi connectivity index (χ2v) is 6.25. The van der Waals surface area contributed by atoms with Crippen molar-refractivity contribution in [2.24, 2.45) is 5.92 Å². The van der Waals surface area contributed by atoms with Crippen LogP contribution >= 0.6 is 12.4 Å². The van der Waals surface area contributed by atoms with Crippen molar-refractivity contribution in [3.63, 3.8) is 0 Å². The van der Waals surface area contributed by atoms with Gasteiger partial charge in [-0.2, -0.15) is 0 Å². The Balaban J connectivity index is 0.00000208. The van der Waals surface area contributed by atoms with Crippen LogP contribution in [0.3, 0.4) is 0 Å². The van der Waals surface area contributed by atoms with Gasteiger partial charge in [0.25, 0.3) is 0 Å². The van der Waals surface area contributed by atoms with E-state index in [1.165, 1.54) is 0 Å². The first-order chi connectivity index (χ1) is 11.1. The van der Waals surface area contributed by atoms with E-state index in [1.54, 1.807) is 9.13 Å². The van der Waals surface area contributed by atoms with E-state index in [0.717, 1.165) is 30.5 Å². The molecular formula is C17H25ClN4O2. The Morgan fingerprint density at radius 2 is 1.96 bits per heavy atom. The number of amides is 1. The van der Waals surface area contributed by atoms with Crippen molar-refractivity contribution < 1.29 is 4.79 Å². The van der Waals surface area contributed by atoms with E-state index < -0.39 is 0 Å². The molecule has 1 aromatic heterocycles. The number of nitrogens with one attached hydrogen (secondary N) is 2. The fraction of sp³-hybridized carbons (Fsp3) is 0.529. The molecule has 24 heavy (non-hydrogen) atoms. The lowest BCUT2D eigenvalue weighted by molar-refractivity contribution is -0.122. The lowest BCUT2D eigenvalue weighted by Crippen LogP contribution is -2.51. The number of nitrogens with zero attached hydrogens (tertiary/aromatic N) is 2. The van der Waals surface area contributed by atoms with Gasteiger partial charge in [-0.05, 0) is 37.9 Å². The lowest BCUT2D eigenvalue weighted by Gasteiger charge is -2.30. The summed E-state index contributed by atoms with van der Waals surface area (Å²) in [5, 5.41) is 6.37. The smallest absolute Gasteiger partial charge is 0.329 e. The molecule has 6 nitrogen and oxygen atoms in total. The zero-order valence-corrected chi connectivity index (χ0v) is 14.9. The van der Waals surface area contributed by atoms with Crippen molar-refractivity contribution >= 4 is 29.3 Å². The van der Waals surface area contributed by atoms with Gasteiger partial charge in [0, 0.05) is 19.1 Å². The molecule has 132 valence electrons. The van der Waals surface area contributed by atoms with Gasteiger partial charge in [0.15, 0.2) is 0 Å². The molecule has 2 atom stereocenters. The summed E-state index contributed by atoms with van der Waals surface area (Å²) >= 11 is 0. The number of hydrogen-bond acceptors (Lipinski definition) is 3. The van der Waals surface area contributed by atoms with E-state index in [2.05, 4.69) is 17.6 Å². The number of aromatic nitrogens is 2. The van der Waals surface area contributed by atoms with Crippen molar-refractivity contribution in [1.82, 2.24) is 19.8 Å². The molecular weight excluding hydrogens is 328 g/mol. The molecule has 1 aliphatic heterocycles. The van der Waals surface area contributed by atoms with Gasteiger partial charge in [-0.25, -0.2) is 4.79 Å². The number of imidazole rings is 1. The minimum atomic E-state index is -0.126. The molecule has 2 unspecified atom stereocenters. The number of carbonyl (C=O) groups is 1. The molecule has 1 saturated heterocycles. The first-order valence-electron chi connectivity index (χ1n) is 8.30. The topological polar surface area (TPSA) is 68.1 Å². The molecule has 0 saturated carbocycles. The highest BCUT2D eigenvalue weighted by Crippen LogP contribution is 2.13. The highest BCUT2D eigenvalue weighted by atomic mass is 35.5. The SMILES string of the molecule is CCn1c(=O)n(CC(=O)NC2CNCCC2C)c2ccccc21.Cl. The van der Waals surface area contributed by atoms with Gasteiger partial charge in [0.1, 0.15) is 6.54 Å². The number of para-hydroxylation sites is 2. The van der Waals surface area contributed by atoms with Crippen molar-refractivity contribution in [2.75, 3.05) is 13.1 Å². The maximum absolute atomic E-state index is 12.5. The minimum absolute atomic E-state index is 0. The third-order valence-electron chi connectivity index (χ3n) is 4.72. The summed E-state index contributed by atoms with van der Waals surface area (Å²) < 4.78 is 3.27. The number of aryl methyl sites for hydroxylation is 1. The first kappa shape index (κ1) is 18.5. The number of benzene rings is 1. The molecule has 3 rings (SSSR count). The van der Waals surface area contributed by atoms with Crippen LogP contribution in [0.15, 0.2) is 29.1 Å². The average Bonchev–Trinajstić information content (AvgIpc) is 2.81. The van der Waals surface area contributed by atoms with Gasteiger partial charge in [0.2, 0.25) is 5.91 Å². The van der Waals surface area contributed by atoms with E-state index in [1.807, 2.05) is 31.2 Å². The van der Waals surface area contributed by atoms with Crippen LogP contribution in [-0.4, -0.2) is 34.2 Å². The van der Waals surface area contributed by atoms with Crippen LogP contribution in [0.4, 0.5) is 0 Å². The van der Waals surface area contributed by atoms with Crippen LogP contribution in [0.25, 0.3) is 11.0 Å². The molecule has 1 fully saturated rings. The second-order valence-electron chi connectivity index (χ2n) is 6.25. The maximum Gasteiger partial charge on any atom is 0.329 e. The molecule has 2 N–H and O–H groups in total. The predicted molar refractivity (Wildman–Crippen MR) is 97.7 cm³/mol. The van der Waals surface area contributed by atoms with E-state index in [9.17, 15) is 9.59 Å². The largest absolute Gasteiger partial charge is 0.350 e. The van der Waals surface area contributed by atoms with Gasteiger partial charge < -0.3 is 10.6 Å². The third kappa shape index (κ3) is 3.49. The highest BCUT2D eigenvalue weighted by molar-refractivity contribution is 5.85. The maximum atomic E-state index is 12.5. The lowest BCUT2D eigenvalue weighted by atomic mass is 9.95. The number of hydrogen-bond donors (Lipinski definition) is 2. The third-order valence-corrected chi connectivity index (χ3v) is 4.72. The van der Waals surface area contributed by atoms with Crippen LogP contribution in [0.2, 0.25) is 0 Å². The van der Waals surface area contributed by atoms with Crippen molar-refractivity contribution in [3.05, 3.63) is 34.7 Å². The standard InChI is InChI=1S/C17H24N4O2.ClH/c1-3-20-14-6-4-5-7-15(14)21(17(20)23)11-16(22)19-13-10-18-9-8-12(13)2;/h4-7,12-13,18H,3,8-11H2,1-2H3,(H,19,22);1H. The Bertz CT molecular complexity index is 768. The summed E-state index contributed by atoms with van der Waals surface area (Å²) in [6.45, 7) is 6.54. The van der Waals surface area contributed by atoms with Crippen LogP contribution < -0.4 is 16.3 Å². The molecule has 0 radical (unpaired) electrons. The zero-order chi connectivity index (χ0) is 16.4. The minimum Gasteiger partial charge on any atom is -0.350 e. The Kier molecular flexibility index (Phi) is 6.07. The van der Waals surface area contributed by atoms with E-state index in [4.69, 9.17) is 0 Å². The molecule has 2 heterocycles. The fourth-order valence-electron chi connectivity index (χ4n) is 3.31. The summed E-state index contributed by atoms with van der Waals surface area (Å²) in [5.41, 5.74) is 1.56. The number of fused-ring (bicyclic) bond motifs is 1. The fourth-order valence-corrected chi connectivity index (χ4v) is 3.31. The summed E-state index contributed by atoms with van der Waals surface area (Å²) in [7, 11) is 0. The molecule has 0 bridgehead atoms. The highest BCUT2D eigenvalue weighted by Gasteiger charge is 2.23. The van der Waals surface area contributed by atoms with Crippen molar-refractivity contribution in [2.45, 2.75) is 39.4 Å². The van der Waals surface area contributed by atoms with Gasteiger partial charge in [-0.1, -0.05) is 19.1 Å².